The summed E-state index contributed by atoms with van der Waals surface area (Å²) >= 11 is 0. The van der Waals surface area contributed by atoms with Crippen molar-refractivity contribution in [2.24, 2.45) is 11.8 Å². The van der Waals surface area contributed by atoms with Crippen LogP contribution in [0, 0.1) is 23.5 Å². The van der Waals surface area contributed by atoms with Gasteiger partial charge in [0.05, 0.1) is 11.3 Å². The molecule has 20 heavy (non-hydrogen) atoms. The number of hydrogen-bond acceptors (Lipinski definition) is 2. The van der Waals surface area contributed by atoms with E-state index in [9.17, 15) is 13.6 Å². The molecule has 1 aliphatic carbocycles. The topological polar surface area (TPSA) is 49.3 Å². The van der Waals surface area contributed by atoms with Crippen molar-refractivity contribution in [2.45, 2.75) is 39.2 Å². The van der Waals surface area contributed by atoms with Crippen LogP contribution in [0.15, 0.2) is 12.1 Å². The van der Waals surface area contributed by atoms with Crippen molar-refractivity contribution in [1.82, 2.24) is 0 Å². The van der Waals surface area contributed by atoms with Gasteiger partial charge in [-0.05, 0) is 24.3 Å². The third-order valence-electron chi connectivity index (χ3n) is 4.33. The van der Waals surface area contributed by atoms with Gasteiger partial charge in [-0.15, -0.1) is 0 Å². The van der Waals surface area contributed by atoms with Crippen LogP contribution in [0.4, 0.5) is 14.5 Å². The molecule has 3 nitrogen and oxygen atoms in total. The summed E-state index contributed by atoms with van der Waals surface area (Å²) in [7, 11) is 0. The second kappa shape index (κ2) is 5.77. The molecule has 2 rings (SSSR count). The van der Waals surface area contributed by atoms with E-state index in [2.05, 4.69) is 19.2 Å². The summed E-state index contributed by atoms with van der Waals surface area (Å²) in [6, 6.07) is 1.75. The van der Waals surface area contributed by atoms with E-state index in [1.54, 1.807) is 0 Å². The molecule has 5 heteroatoms. The Morgan fingerprint density at radius 3 is 2.60 bits per heavy atom. The molecule has 0 saturated heterocycles. The third-order valence-corrected chi connectivity index (χ3v) is 4.33. The van der Waals surface area contributed by atoms with Crippen LogP contribution in [-0.4, -0.2) is 17.1 Å². The van der Waals surface area contributed by atoms with Crippen molar-refractivity contribution < 1.29 is 18.7 Å². The zero-order valence-corrected chi connectivity index (χ0v) is 11.6. The van der Waals surface area contributed by atoms with Crippen molar-refractivity contribution in [3.63, 3.8) is 0 Å². The molecule has 0 amide bonds. The van der Waals surface area contributed by atoms with Gasteiger partial charge in [0, 0.05) is 12.1 Å². The van der Waals surface area contributed by atoms with Gasteiger partial charge in [0.15, 0.2) is 0 Å². The first-order valence-electron chi connectivity index (χ1n) is 6.89. The number of anilines is 1. The summed E-state index contributed by atoms with van der Waals surface area (Å²) < 4.78 is 27.1. The van der Waals surface area contributed by atoms with E-state index in [0.717, 1.165) is 25.3 Å². The van der Waals surface area contributed by atoms with Crippen LogP contribution in [-0.2, 0) is 0 Å². The van der Waals surface area contributed by atoms with Crippen LogP contribution in [0.25, 0.3) is 0 Å². The van der Waals surface area contributed by atoms with Crippen molar-refractivity contribution in [3.05, 3.63) is 29.3 Å². The number of carboxylic acids is 1. The van der Waals surface area contributed by atoms with Gasteiger partial charge in [0.2, 0.25) is 0 Å². The molecule has 3 unspecified atom stereocenters. The summed E-state index contributed by atoms with van der Waals surface area (Å²) in [4.78, 5) is 10.9. The minimum absolute atomic E-state index is 0.0646. The predicted molar refractivity (Wildman–Crippen MR) is 72.9 cm³/mol. The van der Waals surface area contributed by atoms with Gasteiger partial charge < -0.3 is 10.4 Å². The number of halogens is 2. The Bertz CT molecular complexity index is 519. The van der Waals surface area contributed by atoms with Crippen molar-refractivity contribution >= 4 is 11.7 Å². The lowest BCUT2D eigenvalue weighted by molar-refractivity contribution is 0.0692. The van der Waals surface area contributed by atoms with E-state index in [4.69, 9.17) is 5.11 Å². The number of rotatable bonds is 3. The molecule has 0 aromatic heterocycles. The summed E-state index contributed by atoms with van der Waals surface area (Å²) in [6.07, 6.45) is 3.11. The molecule has 1 aliphatic rings. The molecule has 0 bridgehead atoms. The molecular formula is C15H19F2NO2. The average molecular weight is 283 g/mol. The molecule has 1 aromatic rings. The van der Waals surface area contributed by atoms with Gasteiger partial charge in [0.1, 0.15) is 11.6 Å². The van der Waals surface area contributed by atoms with Crippen LogP contribution in [0.3, 0.4) is 0 Å². The zero-order valence-electron chi connectivity index (χ0n) is 11.6. The maximum Gasteiger partial charge on any atom is 0.338 e. The number of hydrogen-bond donors (Lipinski definition) is 2. The van der Waals surface area contributed by atoms with Gasteiger partial charge in [-0.1, -0.05) is 26.7 Å². The van der Waals surface area contributed by atoms with E-state index in [1.165, 1.54) is 0 Å². The first-order valence-corrected chi connectivity index (χ1v) is 6.89. The highest BCUT2D eigenvalue weighted by Gasteiger charge is 2.28. The Kier molecular flexibility index (Phi) is 4.26. The molecule has 110 valence electrons. The highest BCUT2D eigenvalue weighted by Crippen LogP contribution is 2.32. The highest BCUT2D eigenvalue weighted by molar-refractivity contribution is 5.89. The first-order chi connectivity index (χ1) is 9.40. The standard InChI is InChI=1S/C15H19F2NO2/c1-8-4-3-5-13(9(8)2)18-14-6-10(15(19)20)11(16)7-12(14)17/h6-9,13,18H,3-5H2,1-2H3,(H,19,20). The molecule has 3 atom stereocenters. The lowest BCUT2D eigenvalue weighted by Gasteiger charge is -2.35. The summed E-state index contributed by atoms with van der Waals surface area (Å²) in [6.45, 7) is 4.25. The largest absolute Gasteiger partial charge is 0.478 e. The number of nitrogens with one attached hydrogen (secondary N) is 1. The first kappa shape index (κ1) is 14.8. The molecular weight excluding hydrogens is 264 g/mol. The predicted octanol–water partition coefficient (Wildman–Crippen LogP) is 3.90. The molecule has 2 N–H and O–H groups in total. The molecule has 0 radical (unpaired) electrons. The molecule has 0 spiro atoms. The SMILES string of the molecule is CC1CCCC(Nc2cc(C(=O)O)c(F)cc2F)C1C. The van der Waals surface area contributed by atoms with Crippen LogP contribution in [0.2, 0.25) is 0 Å². The van der Waals surface area contributed by atoms with Crippen molar-refractivity contribution in [3.8, 4) is 0 Å². The Morgan fingerprint density at radius 2 is 1.95 bits per heavy atom. The van der Waals surface area contributed by atoms with E-state index in [-0.39, 0.29) is 11.7 Å². The van der Waals surface area contributed by atoms with Crippen molar-refractivity contribution in [2.75, 3.05) is 5.32 Å². The number of carboxylic acid groups (broad SMARTS) is 1. The van der Waals surface area contributed by atoms with Gasteiger partial charge in [0.25, 0.3) is 0 Å². The maximum atomic E-state index is 13.8. The van der Waals surface area contributed by atoms with E-state index in [1.807, 2.05) is 0 Å². The summed E-state index contributed by atoms with van der Waals surface area (Å²) in [5.74, 6) is -2.30. The summed E-state index contributed by atoms with van der Waals surface area (Å²) in [5.41, 5.74) is -0.444. The van der Waals surface area contributed by atoms with Crippen LogP contribution >= 0.6 is 0 Å². The Labute approximate surface area is 117 Å². The number of aromatic carboxylic acids is 1. The fraction of sp³-hybridized carbons (Fsp3) is 0.533. The molecule has 1 aromatic carbocycles. The van der Waals surface area contributed by atoms with E-state index in [0.29, 0.717) is 17.9 Å². The zero-order chi connectivity index (χ0) is 14.9. The monoisotopic (exact) mass is 283 g/mol. The van der Waals surface area contributed by atoms with Gasteiger partial charge in [-0.2, -0.15) is 0 Å². The van der Waals surface area contributed by atoms with Crippen LogP contribution in [0.5, 0.6) is 0 Å². The molecule has 0 heterocycles. The minimum Gasteiger partial charge on any atom is -0.478 e. The van der Waals surface area contributed by atoms with E-state index >= 15 is 0 Å². The molecule has 1 fully saturated rings. The highest BCUT2D eigenvalue weighted by atomic mass is 19.1. The fourth-order valence-corrected chi connectivity index (χ4v) is 2.81. The Hall–Kier alpha value is -1.65. The lowest BCUT2D eigenvalue weighted by atomic mass is 9.78. The number of carbonyl (C=O) groups is 1. The van der Waals surface area contributed by atoms with Gasteiger partial charge in [-0.3, -0.25) is 0 Å². The number of benzene rings is 1. The minimum atomic E-state index is -1.39. The van der Waals surface area contributed by atoms with Crippen LogP contribution < -0.4 is 5.32 Å². The van der Waals surface area contributed by atoms with E-state index < -0.39 is 23.2 Å². The molecule has 1 saturated carbocycles. The third kappa shape index (κ3) is 2.92. The second-order valence-corrected chi connectivity index (χ2v) is 5.64. The lowest BCUT2D eigenvalue weighted by Crippen LogP contribution is -2.35. The quantitative estimate of drug-likeness (QED) is 0.884. The second-order valence-electron chi connectivity index (χ2n) is 5.64. The van der Waals surface area contributed by atoms with Gasteiger partial charge in [-0.25, -0.2) is 13.6 Å². The van der Waals surface area contributed by atoms with Gasteiger partial charge >= 0.3 is 5.97 Å². The summed E-state index contributed by atoms with van der Waals surface area (Å²) in [5, 5.41) is 11.9. The van der Waals surface area contributed by atoms with Crippen LogP contribution in [0.1, 0.15) is 43.5 Å². The Balaban J connectivity index is 2.24. The average Bonchev–Trinajstić information content (AvgIpc) is 2.37. The fourth-order valence-electron chi connectivity index (χ4n) is 2.81. The Morgan fingerprint density at radius 1 is 1.25 bits per heavy atom. The maximum absolute atomic E-state index is 13.8. The normalized spacial score (nSPS) is 26.3. The smallest absolute Gasteiger partial charge is 0.338 e. The molecule has 0 aliphatic heterocycles. The van der Waals surface area contributed by atoms with Crippen molar-refractivity contribution in [1.29, 1.82) is 0 Å².